The quantitative estimate of drug-likeness (QED) is 0.828. The molecule has 2 heterocycles. The van der Waals surface area contributed by atoms with Gasteiger partial charge in [-0.1, -0.05) is 24.3 Å². The van der Waals surface area contributed by atoms with Crippen molar-refractivity contribution in [1.82, 2.24) is 5.32 Å². The summed E-state index contributed by atoms with van der Waals surface area (Å²) in [5, 5.41) is 4.83. The van der Waals surface area contributed by atoms with E-state index in [1.54, 1.807) is 0 Å². The first-order chi connectivity index (χ1) is 7.92. The smallest absolute Gasteiger partial charge is 0.0349 e. The van der Waals surface area contributed by atoms with Gasteiger partial charge in [-0.15, -0.1) is 11.3 Å². The highest BCUT2D eigenvalue weighted by atomic mass is 32.1. The second-order valence-electron chi connectivity index (χ2n) is 4.25. The van der Waals surface area contributed by atoms with E-state index in [-0.39, 0.29) is 0 Å². The van der Waals surface area contributed by atoms with Gasteiger partial charge in [0.25, 0.3) is 0 Å². The molecular formula is C14H15NS. The fourth-order valence-corrected chi connectivity index (χ4v) is 3.15. The third-order valence-corrected chi connectivity index (χ3v) is 4.12. The second kappa shape index (κ2) is 4.40. The molecule has 1 atom stereocenters. The van der Waals surface area contributed by atoms with E-state index < -0.39 is 0 Å². The highest BCUT2D eigenvalue weighted by molar-refractivity contribution is 7.19. The maximum absolute atomic E-state index is 3.48. The van der Waals surface area contributed by atoms with Crippen LogP contribution in [0.5, 0.6) is 0 Å². The molecule has 1 saturated heterocycles. The zero-order chi connectivity index (χ0) is 10.8. The van der Waals surface area contributed by atoms with Crippen molar-refractivity contribution in [2.45, 2.75) is 18.9 Å². The average Bonchev–Trinajstić information content (AvgIpc) is 2.95. The number of fused-ring (bicyclic) bond motifs is 1. The molecule has 0 radical (unpaired) electrons. The van der Waals surface area contributed by atoms with Gasteiger partial charge in [0.1, 0.15) is 0 Å². The van der Waals surface area contributed by atoms with E-state index in [0.29, 0.717) is 6.04 Å². The number of hydrogen-bond acceptors (Lipinski definition) is 2. The van der Waals surface area contributed by atoms with Crippen LogP contribution in [0.15, 0.2) is 36.4 Å². The van der Waals surface area contributed by atoms with Crippen molar-refractivity contribution in [3.8, 4) is 0 Å². The monoisotopic (exact) mass is 229 g/mol. The van der Waals surface area contributed by atoms with Gasteiger partial charge in [0, 0.05) is 15.6 Å². The van der Waals surface area contributed by atoms with E-state index in [1.165, 1.54) is 34.3 Å². The molecule has 1 fully saturated rings. The Kier molecular flexibility index (Phi) is 2.77. The first kappa shape index (κ1) is 10.1. The molecule has 1 aromatic heterocycles. The van der Waals surface area contributed by atoms with Crippen LogP contribution < -0.4 is 5.32 Å². The largest absolute Gasteiger partial charge is 0.311 e. The molecule has 0 spiro atoms. The van der Waals surface area contributed by atoms with Crippen LogP contribution in [0, 0.1) is 0 Å². The van der Waals surface area contributed by atoms with Crippen LogP contribution in [-0.4, -0.2) is 12.6 Å². The van der Waals surface area contributed by atoms with Crippen LogP contribution >= 0.6 is 11.3 Å². The van der Waals surface area contributed by atoms with Crippen LogP contribution in [-0.2, 0) is 0 Å². The SMILES string of the molecule is C(=C\C1CCCN1)/c1cc2ccccc2s1. The van der Waals surface area contributed by atoms with Crippen LogP contribution in [0.25, 0.3) is 16.2 Å². The minimum atomic E-state index is 0.588. The van der Waals surface area contributed by atoms with Crippen molar-refractivity contribution < 1.29 is 0 Å². The summed E-state index contributed by atoms with van der Waals surface area (Å²) in [5.41, 5.74) is 0. The fraction of sp³-hybridized carbons (Fsp3) is 0.286. The van der Waals surface area contributed by atoms with E-state index in [2.05, 4.69) is 47.8 Å². The third-order valence-electron chi connectivity index (χ3n) is 3.04. The molecule has 1 N–H and O–H groups in total. The van der Waals surface area contributed by atoms with Crippen molar-refractivity contribution in [3.05, 3.63) is 41.3 Å². The lowest BCUT2D eigenvalue weighted by atomic mass is 10.2. The van der Waals surface area contributed by atoms with Crippen LogP contribution in [0.2, 0.25) is 0 Å². The van der Waals surface area contributed by atoms with Gasteiger partial charge >= 0.3 is 0 Å². The summed E-state index contributed by atoms with van der Waals surface area (Å²) in [6.45, 7) is 1.17. The Balaban J connectivity index is 1.83. The zero-order valence-corrected chi connectivity index (χ0v) is 9.96. The minimum Gasteiger partial charge on any atom is -0.311 e. The molecule has 0 amide bonds. The predicted molar refractivity (Wildman–Crippen MR) is 71.9 cm³/mol. The first-order valence-electron chi connectivity index (χ1n) is 5.82. The normalized spacial score (nSPS) is 21.1. The van der Waals surface area contributed by atoms with Gasteiger partial charge in [-0.05, 0) is 43.0 Å². The highest BCUT2D eigenvalue weighted by Gasteiger charge is 2.09. The Hall–Kier alpha value is -1.12. The Morgan fingerprint density at radius 2 is 2.25 bits per heavy atom. The van der Waals surface area contributed by atoms with E-state index >= 15 is 0 Å². The molecule has 1 aliphatic heterocycles. The van der Waals surface area contributed by atoms with Crippen LogP contribution in [0.4, 0.5) is 0 Å². The minimum absolute atomic E-state index is 0.588. The number of thiophene rings is 1. The Morgan fingerprint density at radius 3 is 3.06 bits per heavy atom. The average molecular weight is 229 g/mol. The van der Waals surface area contributed by atoms with Gasteiger partial charge < -0.3 is 5.32 Å². The number of hydrogen-bond donors (Lipinski definition) is 1. The van der Waals surface area contributed by atoms with Crippen LogP contribution in [0.3, 0.4) is 0 Å². The second-order valence-corrected chi connectivity index (χ2v) is 5.36. The fourth-order valence-electron chi connectivity index (χ4n) is 2.17. The molecule has 3 rings (SSSR count). The van der Waals surface area contributed by atoms with E-state index in [4.69, 9.17) is 0 Å². The summed E-state index contributed by atoms with van der Waals surface area (Å²) in [5.74, 6) is 0. The van der Waals surface area contributed by atoms with Gasteiger partial charge in [-0.3, -0.25) is 0 Å². The van der Waals surface area contributed by atoms with E-state index in [1.807, 2.05) is 11.3 Å². The maximum Gasteiger partial charge on any atom is 0.0349 e. The molecule has 0 aliphatic carbocycles. The number of nitrogens with one attached hydrogen (secondary N) is 1. The van der Waals surface area contributed by atoms with Gasteiger partial charge in [0.15, 0.2) is 0 Å². The van der Waals surface area contributed by atoms with Crippen molar-refractivity contribution in [1.29, 1.82) is 0 Å². The molecule has 2 heteroatoms. The first-order valence-corrected chi connectivity index (χ1v) is 6.64. The van der Waals surface area contributed by atoms with E-state index in [0.717, 1.165) is 0 Å². The third kappa shape index (κ3) is 2.04. The summed E-state index contributed by atoms with van der Waals surface area (Å²) in [7, 11) is 0. The van der Waals surface area contributed by atoms with Gasteiger partial charge in [-0.25, -0.2) is 0 Å². The van der Waals surface area contributed by atoms with E-state index in [9.17, 15) is 0 Å². The molecule has 1 unspecified atom stereocenters. The topological polar surface area (TPSA) is 12.0 Å². The molecule has 0 saturated carbocycles. The van der Waals surface area contributed by atoms with Crippen molar-refractivity contribution in [2.75, 3.05) is 6.54 Å². The number of rotatable bonds is 2. The summed E-state index contributed by atoms with van der Waals surface area (Å²) in [6.07, 6.45) is 7.15. The summed E-state index contributed by atoms with van der Waals surface area (Å²) >= 11 is 1.87. The van der Waals surface area contributed by atoms with Gasteiger partial charge in [0.05, 0.1) is 0 Å². The lowest BCUT2D eigenvalue weighted by molar-refractivity contribution is 0.730. The Bertz CT molecular complexity index is 473. The van der Waals surface area contributed by atoms with Crippen molar-refractivity contribution in [2.24, 2.45) is 0 Å². The zero-order valence-electron chi connectivity index (χ0n) is 9.15. The molecule has 2 aromatic rings. The van der Waals surface area contributed by atoms with Crippen molar-refractivity contribution >= 4 is 27.5 Å². The molecule has 16 heavy (non-hydrogen) atoms. The molecular weight excluding hydrogens is 214 g/mol. The number of benzene rings is 1. The summed E-state index contributed by atoms with van der Waals surface area (Å²) in [6, 6.07) is 11.4. The summed E-state index contributed by atoms with van der Waals surface area (Å²) in [4.78, 5) is 1.36. The molecule has 1 aromatic carbocycles. The summed E-state index contributed by atoms with van der Waals surface area (Å²) < 4.78 is 1.38. The molecule has 0 bridgehead atoms. The highest BCUT2D eigenvalue weighted by Crippen LogP contribution is 2.26. The predicted octanol–water partition coefficient (Wildman–Crippen LogP) is 3.67. The Labute approximate surface area is 99.8 Å². The molecule has 1 nitrogen and oxygen atoms in total. The lowest BCUT2D eigenvalue weighted by Crippen LogP contribution is -2.17. The maximum atomic E-state index is 3.48. The van der Waals surface area contributed by atoms with Gasteiger partial charge in [0.2, 0.25) is 0 Å². The van der Waals surface area contributed by atoms with Crippen molar-refractivity contribution in [3.63, 3.8) is 0 Å². The molecule has 1 aliphatic rings. The standard InChI is InChI=1S/C14H15NS/c1-2-6-14-11(4-1)10-13(16-14)8-7-12-5-3-9-15-12/h1-2,4,6-8,10,12,15H,3,5,9H2/b8-7+. The molecule has 82 valence electrons. The Morgan fingerprint density at radius 1 is 1.31 bits per heavy atom. The lowest BCUT2D eigenvalue weighted by Gasteiger charge is -2.00. The van der Waals surface area contributed by atoms with Crippen LogP contribution in [0.1, 0.15) is 17.7 Å². The van der Waals surface area contributed by atoms with Gasteiger partial charge in [-0.2, -0.15) is 0 Å².